The lowest BCUT2D eigenvalue weighted by Gasteiger charge is -2.08. The molecule has 0 saturated heterocycles. The van der Waals surface area contributed by atoms with E-state index in [-0.39, 0.29) is 0 Å². The summed E-state index contributed by atoms with van der Waals surface area (Å²) >= 11 is 3.39. The molecular formula is C11H11BrN4. The lowest BCUT2D eigenvalue weighted by atomic mass is 10.1. The largest absolute Gasteiger partial charge is 0.365 e. The maximum atomic E-state index is 4.14. The van der Waals surface area contributed by atoms with Crippen LogP contribution < -0.4 is 5.32 Å². The highest BCUT2D eigenvalue weighted by Crippen LogP contribution is 2.18. The number of pyridine rings is 1. The smallest absolute Gasteiger partial charge is 0.144 e. The summed E-state index contributed by atoms with van der Waals surface area (Å²) in [4.78, 5) is 12.1. The number of anilines is 1. The van der Waals surface area contributed by atoms with E-state index in [1.807, 2.05) is 19.2 Å². The van der Waals surface area contributed by atoms with Gasteiger partial charge >= 0.3 is 0 Å². The summed E-state index contributed by atoms with van der Waals surface area (Å²) in [5, 5.41) is 3.24. The Balaban J connectivity index is 2.09. The number of aryl methyl sites for hydroxylation is 1. The fraction of sp³-hybridized carbons (Fsp3) is 0.182. The molecule has 0 fully saturated rings. The first-order valence-corrected chi connectivity index (χ1v) is 5.65. The number of aromatic nitrogens is 3. The van der Waals surface area contributed by atoms with Crippen LogP contribution in [0.1, 0.15) is 11.1 Å². The molecule has 0 amide bonds. The van der Waals surface area contributed by atoms with Crippen molar-refractivity contribution in [2.45, 2.75) is 13.5 Å². The summed E-state index contributed by atoms with van der Waals surface area (Å²) < 4.78 is 0.863. The summed E-state index contributed by atoms with van der Waals surface area (Å²) in [5.41, 5.74) is 2.38. The summed E-state index contributed by atoms with van der Waals surface area (Å²) in [6.45, 7) is 2.77. The molecule has 0 aliphatic heterocycles. The van der Waals surface area contributed by atoms with Crippen molar-refractivity contribution in [3.8, 4) is 0 Å². The standard InChI is InChI=1S/C11H11BrN4/c1-8-4-13-3-2-9(8)5-15-11-10(12)6-14-7-16-11/h2-4,6-7H,5H2,1H3,(H,14,15,16). The Hall–Kier alpha value is -1.49. The van der Waals surface area contributed by atoms with Crippen molar-refractivity contribution in [3.05, 3.63) is 46.6 Å². The molecule has 2 aromatic rings. The van der Waals surface area contributed by atoms with Gasteiger partial charge in [0.1, 0.15) is 12.1 Å². The zero-order valence-electron chi connectivity index (χ0n) is 8.81. The highest BCUT2D eigenvalue weighted by molar-refractivity contribution is 9.10. The van der Waals surface area contributed by atoms with Crippen LogP contribution in [0.25, 0.3) is 0 Å². The Bertz CT molecular complexity index is 441. The molecule has 82 valence electrons. The number of nitrogens with one attached hydrogen (secondary N) is 1. The third-order valence-corrected chi connectivity index (χ3v) is 2.83. The van der Waals surface area contributed by atoms with Gasteiger partial charge < -0.3 is 5.32 Å². The molecular weight excluding hydrogens is 268 g/mol. The Morgan fingerprint density at radius 2 is 2.19 bits per heavy atom. The fourth-order valence-electron chi connectivity index (χ4n) is 1.32. The zero-order chi connectivity index (χ0) is 11.4. The summed E-state index contributed by atoms with van der Waals surface area (Å²) in [6.07, 6.45) is 6.88. The topological polar surface area (TPSA) is 50.7 Å². The van der Waals surface area contributed by atoms with E-state index < -0.39 is 0 Å². The molecule has 2 heterocycles. The Morgan fingerprint density at radius 1 is 1.31 bits per heavy atom. The van der Waals surface area contributed by atoms with Gasteiger partial charge in [-0.05, 0) is 40.0 Å². The average Bonchev–Trinajstić information content (AvgIpc) is 2.30. The Labute approximate surface area is 102 Å². The average molecular weight is 279 g/mol. The lowest BCUT2D eigenvalue weighted by molar-refractivity contribution is 1.05. The maximum absolute atomic E-state index is 4.14. The second-order valence-electron chi connectivity index (χ2n) is 3.37. The quantitative estimate of drug-likeness (QED) is 0.938. The third kappa shape index (κ3) is 2.55. The van der Waals surface area contributed by atoms with Gasteiger partial charge in [-0.1, -0.05) is 0 Å². The van der Waals surface area contributed by atoms with Gasteiger partial charge in [0.25, 0.3) is 0 Å². The van der Waals surface area contributed by atoms with Gasteiger partial charge in [-0.25, -0.2) is 9.97 Å². The van der Waals surface area contributed by atoms with Crippen LogP contribution in [0.2, 0.25) is 0 Å². The first kappa shape index (κ1) is 11.0. The van der Waals surface area contributed by atoms with Crippen LogP contribution >= 0.6 is 15.9 Å². The predicted octanol–water partition coefficient (Wildman–Crippen LogP) is 2.55. The molecule has 0 bridgehead atoms. The van der Waals surface area contributed by atoms with Gasteiger partial charge in [0, 0.05) is 25.1 Å². The molecule has 16 heavy (non-hydrogen) atoms. The molecule has 0 radical (unpaired) electrons. The number of halogens is 1. The van der Waals surface area contributed by atoms with E-state index in [1.54, 1.807) is 12.4 Å². The Morgan fingerprint density at radius 3 is 2.94 bits per heavy atom. The molecule has 2 aromatic heterocycles. The van der Waals surface area contributed by atoms with E-state index >= 15 is 0 Å². The molecule has 0 spiro atoms. The van der Waals surface area contributed by atoms with Crippen molar-refractivity contribution >= 4 is 21.7 Å². The molecule has 0 unspecified atom stereocenters. The van der Waals surface area contributed by atoms with Gasteiger partial charge in [-0.15, -0.1) is 0 Å². The number of nitrogens with zero attached hydrogens (tertiary/aromatic N) is 3. The Kier molecular flexibility index (Phi) is 3.46. The molecule has 4 nitrogen and oxygen atoms in total. The maximum Gasteiger partial charge on any atom is 0.144 e. The first-order chi connectivity index (χ1) is 7.77. The number of hydrogen-bond acceptors (Lipinski definition) is 4. The van der Waals surface area contributed by atoms with Crippen LogP contribution in [0, 0.1) is 6.92 Å². The van der Waals surface area contributed by atoms with Crippen LogP contribution in [-0.4, -0.2) is 15.0 Å². The third-order valence-electron chi connectivity index (χ3n) is 2.25. The minimum atomic E-state index is 0.726. The second kappa shape index (κ2) is 5.03. The summed E-state index contributed by atoms with van der Waals surface area (Å²) in [5.74, 6) is 0.797. The van der Waals surface area contributed by atoms with Crippen molar-refractivity contribution in [2.75, 3.05) is 5.32 Å². The fourth-order valence-corrected chi connectivity index (χ4v) is 1.68. The van der Waals surface area contributed by atoms with Crippen molar-refractivity contribution < 1.29 is 0 Å². The predicted molar refractivity (Wildman–Crippen MR) is 66.0 cm³/mol. The van der Waals surface area contributed by atoms with Gasteiger partial charge in [0.15, 0.2) is 0 Å². The van der Waals surface area contributed by atoms with E-state index in [0.717, 1.165) is 16.8 Å². The molecule has 2 rings (SSSR count). The van der Waals surface area contributed by atoms with Crippen molar-refractivity contribution in [2.24, 2.45) is 0 Å². The van der Waals surface area contributed by atoms with E-state index in [2.05, 4.69) is 36.2 Å². The lowest BCUT2D eigenvalue weighted by Crippen LogP contribution is -2.03. The second-order valence-corrected chi connectivity index (χ2v) is 4.23. The van der Waals surface area contributed by atoms with E-state index in [0.29, 0.717) is 0 Å². The van der Waals surface area contributed by atoms with E-state index in [4.69, 9.17) is 0 Å². The van der Waals surface area contributed by atoms with E-state index in [1.165, 1.54) is 17.5 Å². The SMILES string of the molecule is Cc1cnccc1CNc1ncncc1Br. The van der Waals surface area contributed by atoms with Gasteiger partial charge in [-0.3, -0.25) is 4.98 Å². The molecule has 0 atom stereocenters. The van der Waals surface area contributed by atoms with Gasteiger partial charge in [0.05, 0.1) is 4.47 Å². The van der Waals surface area contributed by atoms with Gasteiger partial charge in [0.2, 0.25) is 0 Å². The first-order valence-electron chi connectivity index (χ1n) is 4.86. The highest BCUT2D eigenvalue weighted by atomic mass is 79.9. The number of hydrogen-bond donors (Lipinski definition) is 1. The molecule has 0 saturated carbocycles. The molecule has 0 aliphatic rings. The van der Waals surface area contributed by atoms with Crippen LogP contribution in [0.4, 0.5) is 5.82 Å². The van der Waals surface area contributed by atoms with Crippen LogP contribution in [0.3, 0.4) is 0 Å². The molecule has 1 N–H and O–H groups in total. The normalized spacial score (nSPS) is 10.1. The zero-order valence-corrected chi connectivity index (χ0v) is 10.4. The monoisotopic (exact) mass is 278 g/mol. The van der Waals surface area contributed by atoms with Crippen LogP contribution in [0.5, 0.6) is 0 Å². The van der Waals surface area contributed by atoms with Gasteiger partial charge in [-0.2, -0.15) is 0 Å². The van der Waals surface area contributed by atoms with Crippen molar-refractivity contribution in [1.82, 2.24) is 15.0 Å². The van der Waals surface area contributed by atoms with Crippen LogP contribution in [0.15, 0.2) is 35.5 Å². The number of rotatable bonds is 3. The van der Waals surface area contributed by atoms with E-state index in [9.17, 15) is 0 Å². The molecule has 0 aliphatic carbocycles. The molecule has 5 heteroatoms. The summed E-state index contributed by atoms with van der Waals surface area (Å²) in [7, 11) is 0. The van der Waals surface area contributed by atoms with Crippen molar-refractivity contribution in [1.29, 1.82) is 0 Å². The van der Waals surface area contributed by atoms with Crippen molar-refractivity contribution in [3.63, 3.8) is 0 Å². The van der Waals surface area contributed by atoms with Crippen LogP contribution in [-0.2, 0) is 6.54 Å². The molecule has 0 aromatic carbocycles. The minimum Gasteiger partial charge on any atom is -0.365 e. The summed E-state index contributed by atoms with van der Waals surface area (Å²) in [6, 6.07) is 2.00. The minimum absolute atomic E-state index is 0.726. The highest BCUT2D eigenvalue weighted by Gasteiger charge is 2.01.